The average Bonchev–Trinajstić information content (AvgIpc) is 3.33. The molecule has 4 N–H and O–H groups in total. The molecule has 0 unspecified atom stereocenters. The second kappa shape index (κ2) is 20.6. The Hall–Kier alpha value is -8.40. The summed E-state index contributed by atoms with van der Waals surface area (Å²) in [7, 11) is 0. The third kappa shape index (κ3) is 12.0. The fourth-order valence-corrected chi connectivity index (χ4v) is 7.12. The first-order chi connectivity index (χ1) is 31.7. The van der Waals surface area contributed by atoms with Gasteiger partial charge in [-0.1, -0.05) is 107 Å². The van der Waals surface area contributed by atoms with E-state index in [0.717, 1.165) is 32.1 Å². The van der Waals surface area contributed by atoms with E-state index < -0.39 is 0 Å². The molecule has 0 heterocycles. The Labute approximate surface area is 384 Å². The van der Waals surface area contributed by atoms with Crippen LogP contribution in [-0.2, 0) is 0 Å². The van der Waals surface area contributed by atoms with E-state index in [1.165, 1.54) is 52.6 Å². The molecule has 0 aliphatic carbocycles. The van der Waals surface area contributed by atoms with Crippen molar-refractivity contribution in [3.05, 3.63) is 240 Å². The molecule has 0 radical (unpaired) electrons. The van der Waals surface area contributed by atoms with Crippen LogP contribution in [0.2, 0.25) is 0 Å². The summed E-state index contributed by atoms with van der Waals surface area (Å²) in [6.45, 7) is 0. The predicted molar refractivity (Wildman–Crippen MR) is 265 cm³/mol. The van der Waals surface area contributed by atoms with Gasteiger partial charge < -0.3 is 30.3 Å². The van der Waals surface area contributed by atoms with Crippen molar-refractivity contribution in [1.29, 1.82) is 0 Å². The van der Waals surface area contributed by atoms with E-state index in [1.807, 2.05) is 84.9 Å². The first kappa shape index (κ1) is 43.3. The summed E-state index contributed by atoms with van der Waals surface area (Å²) < 4.78 is 13.1. The second-order valence-electron chi connectivity index (χ2n) is 14.8. The number of phenolic OH excluding ortho intramolecular Hbond substituents is 2. The van der Waals surface area contributed by atoms with Gasteiger partial charge in [-0.05, 0) is 166 Å². The Morgan fingerprint density at radius 3 is 1.12 bits per heavy atom. The fourth-order valence-electron chi connectivity index (χ4n) is 6.74. The van der Waals surface area contributed by atoms with Crippen molar-refractivity contribution in [2.75, 3.05) is 10.6 Å². The maximum absolute atomic E-state index is 12.7. The maximum Gasteiger partial charge on any atom is 0.255 e. The molecular weight excluding hydrogens is 877 g/mol. The fraction of sp³-hybridized carbons (Fsp3) is 0. The molecule has 0 aromatic heterocycles. The largest absolute Gasteiger partial charge is 0.508 e. The minimum atomic E-state index is -0.268. The highest BCUT2D eigenvalue weighted by atomic mass is 79.9. The van der Waals surface area contributed by atoms with Crippen molar-refractivity contribution >= 4 is 71.4 Å². The summed E-state index contributed by atoms with van der Waals surface area (Å²) >= 11 is 3.43. The Kier molecular flexibility index (Phi) is 13.7. The molecule has 0 saturated carbocycles. The molecule has 10 aromatic carbocycles. The molecule has 65 heavy (non-hydrogen) atoms. The molecule has 0 aliphatic heterocycles. The highest BCUT2D eigenvalue weighted by molar-refractivity contribution is 9.10. The lowest BCUT2D eigenvalue weighted by Gasteiger charge is -2.10. The van der Waals surface area contributed by atoms with Gasteiger partial charge in [-0.25, -0.2) is 0 Å². The van der Waals surface area contributed by atoms with Crippen molar-refractivity contribution in [1.82, 2.24) is 0 Å². The SMILES string of the molecule is Brc1ccc2ccccc2c1.O=C(Nc1ccc(O)cc1)c1ccc(O)cc1.O=C(Nc1ccc(Oc2ccc3ccccc3c2)cc1)c1ccc(Oc2ccc3ccccc3c2)cc1. The highest BCUT2D eigenvalue weighted by Crippen LogP contribution is 2.29. The van der Waals surface area contributed by atoms with Gasteiger partial charge in [0.1, 0.15) is 34.5 Å². The molecule has 0 spiro atoms. The first-order valence-corrected chi connectivity index (χ1v) is 21.4. The van der Waals surface area contributed by atoms with Crippen molar-refractivity contribution in [2.24, 2.45) is 0 Å². The number of hydrogen-bond donors (Lipinski definition) is 4. The van der Waals surface area contributed by atoms with Crippen LogP contribution in [0.5, 0.6) is 34.5 Å². The van der Waals surface area contributed by atoms with E-state index in [4.69, 9.17) is 19.7 Å². The van der Waals surface area contributed by atoms with Gasteiger partial charge in [-0.15, -0.1) is 0 Å². The van der Waals surface area contributed by atoms with Gasteiger partial charge in [-0.3, -0.25) is 9.59 Å². The molecule has 10 rings (SSSR count). The van der Waals surface area contributed by atoms with Crippen LogP contribution in [0.15, 0.2) is 229 Å². The van der Waals surface area contributed by atoms with Crippen LogP contribution in [-0.4, -0.2) is 22.0 Å². The van der Waals surface area contributed by atoms with Crippen LogP contribution in [0.25, 0.3) is 32.3 Å². The van der Waals surface area contributed by atoms with Gasteiger partial charge in [0.15, 0.2) is 0 Å². The van der Waals surface area contributed by atoms with Crippen LogP contribution < -0.4 is 20.1 Å². The molecule has 0 bridgehead atoms. The van der Waals surface area contributed by atoms with E-state index >= 15 is 0 Å². The molecule has 8 nitrogen and oxygen atoms in total. The maximum atomic E-state index is 12.7. The second-order valence-corrected chi connectivity index (χ2v) is 15.7. The molecule has 0 atom stereocenters. The number of phenols is 2. The summed E-state index contributed by atoms with van der Waals surface area (Å²) in [5.74, 6) is 2.68. The molecule has 9 heteroatoms. The Morgan fingerprint density at radius 1 is 0.354 bits per heavy atom. The Balaban J connectivity index is 0.000000168. The summed E-state index contributed by atoms with van der Waals surface area (Å²) in [4.78, 5) is 24.5. The quantitative estimate of drug-likeness (QED) is 0.113. The topological polar surface area (TPSA) is 117 Å². The van der Waals surface area contributed by atoms with Gasteiger partial charge in [0.05, 0.1) is 0 Å². The van der Waals surface area contributed by atoms with Gasteiger partial charge in [0, 0.05) is 27.0 Å². The number of halogens is 1. The number of carbonyl (C=O) groups excluding carboxylic acids is 2. The van der Waals surface area contributed by atoms with Crippen LogP contribution in [0, 0.1) is 0 Å². The number of anilines is 2. The molecular formula is C56H41BrN2O6. The zero-order valence-electron chi connectivity index (χ0n) is 34.8. The van der Waals surface area contributed by atoms with Crippen molar-refractivity contribution in [3.8, 4) is 34.5 Å². The standard InChI is InChI=1S/C33H23NO3.C13H11NO3.C10H7Br/c35-33(25-11-15-29(16-12-25)36-31-17-9-23-5-1-3-7-26(23)21-31)34-28-13-19-30(20-14-28)37-32-18-10-24-6-2-4-8-27(24)22-32;15-11-5-1-9(2-6-11)13(17)14-10-3-7-12(16)8-4-10;11-10-6-5-8-3-1-2-4-9(8)7-10/h1-22H,(H,34,35);1-8,15-16H,(H,14,17);1-7H. The molecule has 2 amide bonds. The van der Waals surface area contributed by atoms with E-state index in [2.05, 4.69) is 93.3 Å². The minimum absolute atomic E-state index is 0.117. The predicted octanol–water partition coefficient (Wildman–Crippen LogP) is 14.8. The number of ether oxygens (including phenoxy) is 2. The number of amides is 2. The number of hydrogen-bond acceptors (Lipinski definition) is 6. The van der Waals surface area contributed by atoms with Gasteiger partial charge in [0.2, 0.25) is 0 Å². The summed E-state index contributed by atoms with van der Waals surface area (Å²) in [5, 5.41) is 30.9. The van der Waals surface area contributed by atoms with Crippen molar-refractivity contribution in [3.63, 3.8) is 0 Å². The van der Waals surface area contributed by atoms with Crippen LogP contribution in [0.4, 0.5) is 11.4 Å². The van der Waals surface area contributed by atoms with E-state index in [0.29, 0.717) is 34.0 Å². The highest BCUT2D eigenvalue weighted by Gasteiger charge is 2.09. The lowest BCUT2D eigenvalue weighted by atomic mass is 10.1. The number of carbonyl (C=O) groups is 2. The van der Waals surface area contributed by atoms with Crippen molar-refractivity contribution in [2.45, 2.75) is 0 Å². The zero-order valence-corrected chi connectivity index (χ0v) is 36.4. The third-order valence-electron chi connectivity index (χ3n) is 10.1. The lowest BCUT2D eigenvalue weighted by Crippen LogP contribution is -2.11. The van der Waals surface area contributed by atoms with E-state index in [-0.39, 0.29) is 23.3 Å². The molecule has 0 aliphatic rings. The third-order valence-corrected chi connectivity index (χ3v) is 10.6. The normalized spacial score (nSPS) is 10.5. The lowest BCUT2D eigenvalue weighted by molar-refractivity contribution is 0.101. The van der Waals surface area contributed by atoms with E-state index in [9.17, 15) is 9.59 Å². The molecule has 318 valence electrons. The van der Waals surface area contributed by atoms with Crippen LogP contribution >= 0.6 is 15.9 Å². The van der Waals surface area contributed by atoms with Crippen LogP contribution in [0.3, 0.4) is 0 Å². The Bertz CT molecular complexity index is 3210. The van der Waals surface area contributed by atoms with Gasteiger partial charge in [0.25, 0.3) is 11.8 Å². The number of nitrogens with one attached hydrogen (secondary N) is 2. The number of rotatable bonds is 8. The summed E-state index contributed by atoms with van der Waals surface area (Å²) in [5.41, 5.74) is 2.28. The molecule has 10 aromatic rings. The number of fused-ring (bicyclic) bond motifs is 3. The number of aromatic hydroxyl groups is 2. The molecule has 0 saturated heterocycles. The van der Waals surface area contributed by atoms with E-state index in [1.54, 1.807) is 36.4 Å². The Morgan fingerprint density at radius 2 is 0.677 bits per heavy atom. The monoisotopic (exact) mass is 916 g/mol. The zero-order chi connectivity index (χ0) is 45.0. The van der Waals surface area contributed by atoms with Gasteiger partial charge in [-0.2, -0.15) is 0 Å². The first-order valence-electron chi connectivity index (χ1n) is 20.6. The van der Waals surface area contributed by atoms with Crippen LogP contribution in [0.1, 0.15) is 20.7 Å². The summed E-state index contributed by atoms with van der Waals surface area (Å²) in [6.07, 6.45) is 0. The number of benzene rings is 10. The molecule has 0 fully saturated rings. The van der Waals surface area contributed by atoms with Gasteiger partial charge >= 0.3 is 0 Å². The average molecular weight is 918 g/mol. The summed E-state index contributed by atoms with van der Waals surface area (Å²) in [6, 6.07) is 69.5. The smallest absolute Gasteiger partial charge is 0.255 e. The van der Waals surface area contributed by atoms with Crippen molar-refractivity contribution < 1.29 is 29.3 Å². The minimum Gasteiger partial charge on any atom is -0.508 e.